The Labute approximate surface area is 163 Å². The Bertz CT molecular complexity index is 691. The fourth-order valence-corrected chi connectivity index (χ4v) is 2.52. The number of nitro benzene ring substituents is 1. The zero-order chi connectivity index (χ0) is 20.9. The molecule has 1 aromatic rings. The first-order valence-electron chi connectivity index (χ1n) is 9.13. The maximum atomic E-state index is 12.4. The van der Waals surface area contributed by atoms with Gasteiger partial charge >= 0.3 is 5.97 Å². The van der Waals surface area contributed by atoms with E-state index >= 15 is 0 Å². The van der Waals surface area contributed by atoms with Crippen LogP contribution in [0.25, 0.3) is 0 Å². The highest BCUT2D eigenvalue weighted by molar-refractivity contribution is 5.82. The molecule has 0 spiro atoms. The lowest BCUT2D eigenvalue weighted by Gasteiger charge is -2.21. The highest BCUT2D eigenvalue weighted by atomic mass is 16.6. The van der Waals surface area contributed by atoms with E-state index in [4.69, 9.17) is 4.74 Å². The zero-order valence-electron chi connectivity index (χ0n) is 16.2. The smallest absolute Gasteiger partial charge is 0.325 e. The Morgan fingerprint density at radius 2 is 2.00 bits per heavy atom. The van der Waals surface area contributed by atoms with Gasteiger partial charge in [-0.25, -0.2) is 0 Å². The number of rotatable bonds is 13. The predicted octanol–water partition coefficient (Wildman–Crippen LogP) is 2.76. The first-order chi connectivity index (χ1) is 13.4. The summed E-state index contributed by atoms with van der Waals surface area (Å²) < 4.78 is 10.1. The van der Waals surface area contributed by atoms with Crippen molar-refractivity contribution < 1.29 is 28.8 Å². The van der Waals surface area contributed by atoms with Crippen molar-refractivity contribution >= 4 is 23.9 Å². The Morgan fingerprint density at radius 3 is 2.61 bits per heavy atom. The van der Waals surface area contributed by atoms with E-state index in [-0.39, 0.29) is 36.7 Å². The molecule has 0 heterocycles. The zero-order valence-corrected chi connectivity index (χ0v) is 16.2. The van der Waals surface area contributed by atoms with Crippen LogP contribution >= 0.6 is 0 Å². The van der Waals surface area contributed by atoms with Gasteiger partial charge in [0.2, 0.25) is 5.91 Å². The van der Waals surface area contributed by atoms with Gasteiger partial charge in [-0.3, -0.25) is 24.5 Å². The number of carbonyl (C=O) groups is 3. The summed E-state index contributed by atoms with van der Waals surface area (Å²) in [5.74, 6) is -0.315. The first kappa shape index (κ1) is 23.1. The van der Waals surface area contributed by atoms with Crippen LogP contribution in [0.2, 0.25) is 0 Å². The summed E-state index contributed by atoms with van der Waals surface area (Å²) in [7, 11) is 1.28. The summed E-state index contributed by atoms with van der Waals surface area (Å²) in [6, 6.07) is 3.90. The molecule has 0 radical (unpaired) electrons. The molecular formula is C19H26N2O7. The number of hydrogen-bond donors (Lipinski definition) is 0. The molecule has 1 amide bonds. The van der Waals surface area contributed by atoms with Gasteiger partial charge in [-0.15, -0.1) is 0 Å². The number of hydrogen-bond acceptors (Lipinski definition) is 7. The van der Waals surface area contributed by atoms with Crippen LogP contribution in [0.4, 0.5) is 5.69 Å². The topological polar surface area (TPSA) is 116 Å². The minimum absolute atomic E-state index is 0.0706. The van der Waals surface area contributed by atoms with Crippen molar-refractivity contribution in [1.82, 2.24) is 4.90 Å². The standard InChI is InChI=1S/C19H26N2O7/c1-3-4-5-10-20(13-19(24)27-2)18(23)7-6-11-28-16-8-9-17(21(25)26)15(12-16)14-22/h8-9,12,14H,3-7,10-11,13H2,1-2H3. The second kappa shape index (κ2) is 12.4. The summed E-state index contributed by atoms with van der Waals surface area (Å²) in [4.78, 5) is 46.5. The third-order valence-electron chi connectivity index (χ3n) is 4.06. The van der Waals surface area contributed by atoms with Crippen molar-refractivity contribution in [2.45, 2.75) is 39.0 Å². The lowest BCUT2D eigenvalue weighted by atomic mass is 10.2. The molecule has 0 unspecified atom stereocenters. The number of nitro groups is 1. The van der Waals surface area contributed by atoms with Crippen LogP contribution in [-0.2, 0) is 14.3 Å². The van der Waals surface area contributed by atoms with Crippen LogP contribution in [0.1, 0.15) is 49.4 Å². The molecule has 0 fully saturated rings. The summed E-state index contributed by atoms with van der Waals surface area (Å²) in [6.07, 6.45) is 3.77. The molecule has 0 atom stereocenters. The Morgan fingerprint density at radius 1 is 1.25 bits per heavy atom. The number of methoxy groups -OCH3 is 1. The van der Waals surface area contributed by atoms with Crippen molar-refractivity contribution in [1.29, 1.82) is 0 Å². The number of amides is 1. The molecule has 1 rings (SSSR count). The summed E-state index contributed by atoms with van der Waals surface area (Å²) >= 11 is 0. The largest absolute Gasteiger partial charge is 0.494 e. The van der Waals surface area contributed by atoms with Gasteiger partial charge in [-0.1, -0.05) is 19.8 Å². The van der Waals surface area contributed by atoms with Crippen molar-refractivity contribution in [3.05, 3.63) is 33.9 Å². The first-order valence-corrected chi connectivity index (χ1v) is 9.13. The molecular weight excluding hydrogens is 368 g/mol. The fourth-order valence-electron chi connectivity index (χ4n) is 2.52. The lowest BCUT2D eigenvalue weighted by Crippen LogP contribution is -2.37. The van der Waals surface area contributed by atoms with Gasteiger partial charge in [0, 0.05) is 19.0 Å². The summed E-state index contributed by atoms with van der Waals surface area (Å²) in [6.45, 7) is 2.67. The Kier molecular flexibility index (Phi) is 10.2. The number of benzene rings is 1. The molecule has 154 valence electrons. The molecule has 1 aromatic carbocycles. The number of aldehydes is 1. The van der Waals surface area contributed by atoms with E-state index in [2.05, 4.69) is 11.7 Å². The van der Waals surface area contributed by atoms with E-state index in [1.54, 1.807) is 0 Å². The van der Waals surface area contributed by atoms with E-state index in [0.717, 1.165) is 19.3 Å². The van der Waals surface area contributed by atoms with Gasteiger partial charge in [-0.2, -0.15) is 0 Å². The molecule has 0 saturated heterocycles. The maximum absolute atomic E-state index is 12.4. The normalized spacial score (nSPS) is 10.2. The second-order valence-electron chi connectivity index (χ2n) is 6.15. The number of carbonyl (C=O) groups excluding carboxylic acids is 3. The molecule has 0 aliphatic heterocycles. The molecule has 9 nitrogen and oxygen atoms in total. The molecule has 0 N–H and O–H groups in total. The fraction of sp³-hybridized carbons (Fsp3) is 0.526. The van der Waals surface area contributed by atoms with Crippen molar-refractivity contribution in [2.75, 3.05) is 26.8 Å². The third kappa shape index (κ3) is 7.73. The van der Waals surface area contributed by atoms with Crippen molar-refractivity contribution in [3.8, 4) is 5.75 Å². The molecule has 9 heteroatoms. The van der Waals surface area contributed by atoms with Gasteiger partial charge in [0.05, 0.1) is 24.2 Å². The van der Waals surface area contributed by atoms with E-state index in [1.807, 2.05) is 0 Å². The van der Waals surface area contributed by atoms with Crippen LogP contribution < -0.4 is 4.74 Å². The SMILES string of the molecule is CCCCCN(CC(=O)OC)C(=O)CCCOc1ccc([N+](=O)[O-])c(C=O)c1. The van der Waals surface area contributed by atoms with E-state index < -0.39 is 10.9 Å². The minimum Gasteiger partial charge on any atom is -0.494 e. The predicted molar refractivity (Wildman–Crippen MR) is 101 cm³/mol. The monoisotopic (exact) mass is 394 g/mol. The molecule has 0 bridgehead atoms. The van der Waals surface area contributed by atoms with Crippen LogP contribution in [0.3, 0.4) is 0 Å². The van der Waals surface area contributed by atoms with E-state index in [9.17, 15) is 24.5 Å². The van der Waals surface area contributed by atoms with Crippen LogP contribution in [0, 0.1) is 10.1 Å². The van der Waals surface area contributed by atoms with Crippen molar-refractivity contribution in [2.24, 2.45) is 0 Å². The van der Waals surface area contributed by atoms with Gasteiger partial charge in [0.15, 0.2) is 6.29 Å². The summed E-state index contributed by atoms with van der Waals surface area (Å²) in [5.41, 5.74) is -0.359. The van der Waals surface area contributed by atoms with E-state index in [1.165, 1.54) is 30.2 Å². The lowest BCUT2D eigenvalue weighted by molar-refractivity contribution is -0.385. The summed E-state index contributed by atoms with van der Waals surface area (Å²) in [5, 5.41) is 10.8. The highest BCUT2D eigenvalue weighted by Crippen LogP contribution is 2.22. The Hall–Kier alpha value is -2.97. The second-order valence-corrected chi connectivity index (χ2v) is 6.15. The average Bonchev–Trinajstić information content (AvgIpc) is 2.69. The minimum atomic E-state index is -0.638. The molecule has 28 heavy (non-hydrogen) atoms. The molecule has 0 aliphatic carbocycles. The Balaban J connectivity index is 2.53. The number of ether oxygens (including phenoxy) is 2. The van der Waals surface area contributed by atoms with Crippen LogP contribution in [0.15, 0.2) is 18.2 Å². The van der Waals surface area contributed by atoms with Gasteiger partial charge < -0.3 is 14.4 Å². The maximum Gasteiger partial charge on any atom is 0.325 e. The number of unbranched alkanes of at least 4 members (excludes halogenated alkanes) is 2. The quantitative estimate of drug-likeness (QED) is 0.166. The average molecular weight is 394 g/mol. The number of esters is 1. The highest BCUT2D eigenvalue weighted by Gasteiger charge is 2.17. The molecule has 0 aliphatic rings. The van der Waals surface area contributed by atoms with E-state index in [0.29, 0.717) is 25.0 Å². The third-order valence-corrected chi connectivity index (χ3v) is 4.06. The van der Waals surface area contributed by atoms with Gasteiger partial charge in [0.1, 0.15) is 12.3 Å². The number of nitrogens with zero attached hydrogens (tertiary/aromatic N) is 2. The molecule has 0 saturated carbocycles. The van der Waals surface area contributed by atoms with Crippen LogP contribution in [-0.4, -0.2) is 54.8 Å². The molecule has 0 aromatic heterocycles. The van der Waals surface area contributed by atoms with Crippen LogP contribution in [0.5, 0.6) is 5.75 Å². The van der Waals surface area contributed by atoms with Gasteiger partial charge in [0.25, 0.3) is 5.69 Å². The van der Waals surface area contributed by atoms with Crippen molar-refractivity contribution in [3.63, 3.8) is 0 Å². The van der Waals surface area contributed by atoms with Gasteiger partial charge in [-0.05, 0) is 25.0 Å².